The molecule has 32 heavy (non-hydrogen) atoms. The van der Waals surface area contributed by atoms with E-state index in [1.165, 1.54) is 22.8 Å². The van der Waals surface area contributed by atoms with Crippen molar-refractivity contribution in [1.82, 2.24) is 4.57 Å². The number of carbonyl (C=O) groups excluding carboxylic acids is 1. The molecule has 0 N–H and O–H groups in total. The van der Waals surface area contributed by atoms with E-state index in [-0.39, 0.29) is 27.3 Å². The molecule has 3 aromatic rings. The second-order valence-corrected chi connectivity index (χ2v) is 8.84. The first-order valence-corrected chi connectivity index (χ1v) is 11.3. The molecule has 164 valence electrons. The van der Waals surface area contributed by atoms with Crippen molar-refractivity contribution in [3.63, 3.8) is 0 Å². The Bertz CT molecular complexity index is 1400. The predicted octanol–water partition coefficient (Wildman–Crippen LogP) is 4.24. The van der Waals surface area contributed by atoms with Crippen LogP contribution in [0.1, 0.15) is 31.0 Å². The van der Waals surface area contributed by atoms with Gasteiger partial charge in [-0.2, -0.15) is 0 Å². The summed E-state index contributed by atoms with van der Waals surface area (Å²) in [7, 11) is 0. The molecular weight excluding hydrogens is 474 g/mol. The number of carbonyl (C=O) groups is 1. The molecule has 0 saturated heterocycles. The summed E-state index contributed by atoms with van der Waals surface area (Å²) in [5.41, 5.74) is 1.08. The molecule has 2 heterocycles. The Morgan fingerprint density at radius 1 is 1.25 bits per heavy atom. The van der Waals surface area contributed by atoms with Gasteiger partial charge in [-0.3, -0.25) is 9.36 Å². The highest BCUT2D eigenvalue weighted by Gasteiger charge is 2.33. The minimum atomic E-state index is -0.763. The quantitative estimate of drug-likeness (QED) is 0.513. The van der Waals surface area contributed by atoms with Crippen LogP contribution in [0.2, 0.25) is 10.0 Å². The molecule has 2 aromatic carbocycles. The molecule has 0 bridgehead atoms. The molecule has 9 heteroatoms. The summed E-state index contributed by atoms with van der Waals surface area (Å²) in [6.07, 6.45) is 1.41. The zero-order valence-corrected chi connectivity index (χ0v) is 19.4. The summed E-state index contributed by atoms with van der Waals surface area (Å²) in [5.74, 6) is -1.10. The molecule has 1 aliphatic heterocycles. The highest BCUT2D eigenvalue weighted by Crippen LogP contribution is 2.31. The molecular formula is C23H17Cl2FN2O3S. The van der Waals surface area contributed by atoms with Crippen LogP contribution in [0.25, 0.3) is 6.08 Å². The number of rotatable bonds is 4. The van der Waals surface area contributed by atoms with Gasteiger partial charge in [-0.05, 0) is 49.8 Å². The van der Waals surface area contributed by atoms with Crippen LogP contribution in [0, 0.1) is 5.82 Å². The molecule has 0 spiro atoms. The second-order valence-electron chi connectivity index (χ2n) is 6.99. The van der Waals surface area contributed by atoms with Crippen LogP contribution in [0.4, 0.5) is 4.39 Å². The van der Waals surface area contributed by atoms with Gasteiger partial charge in [0.05, 0.1) is 33.5 Å². The Labute approximate surface area is 196 Å². The molecule has 1 aromatic heterocycles. The molecule has 0 aliphatic carbocycles. The van der Waals surface area contributed by atoms with E-state index >= 15 is 0 Å². The van der Waals surface area contributed by atoms with Crippen molar-refractivity contribution in [1.29, 1.82) is 0 Å². The summed E-state index contributed by atoms with van der Waals surface area (Å²) in [5, 5.41) is 0.710. The number of esters is 1. The zero-order chi connectivity index (χ0) is 23.0. The number of nitrogens with zero attached hydrogens (tertiary/aromatic N) is 2. The van der Waals surface area contributed by atoms with Gasteiger partial charge in [-0.15, -0.1) is 0 Å². The summed E-state index contributed by atoms with van der Waals surface area (Å²) in [4.78, 5) is 31.1. The Hall–Kier alpha value is -2.74. The molecule has 5 nitrogen and oxygen atoms in total. The van der Waals surface area contributed by atoms with Crippen LogP contribution >= 0.6 is 34.5 Å². The number of allylic oxidation sites excluding steroid dienone is 1. The number of ether oxygens (including phenoxy) is 1. The number of fused-ring (bicyclic) bond motifs is 1. The fourth-order valence-corrected chi connectivity index (χ4v) is 4.90. The lowest BCUT2D eigenvalue weighted by Crippen LogP contribution is -2.39. The van der Waals surface area contributed by atoms with Crippen molar-refractivity contribution in [2.75, 3.05) is 6.61 Å². The van der Waals surface area contributed by atoms with Gasteiger partial charge >= 0.3 is 5.97 Å². The first kappa shape index (κ1) is 22.5. The van der Waals surface area contributed by atoms with E-state index in [9.17, 15) is 14.0 Å². The van der Waals surface area contributed by atoms with Crippen molar-refractivity contribution in [3.05, 3.63) is 100 Å². The lowest BCUT2D eigenvalue weighted by molar-refractivity contribution is -0.139. The Morgan fingerprint density at radius 3 is 2.62 bits per heavy atom. The van der Waals surface area contributed by atoms with E-state index in [0.29, 0.717) is 21.1 Å². The fraction of sp³-hybridized carbons (Fsp3) is 0.174. The van der Waals surface area contributed by atoms with E-state index in [1.54, 1.807) is 44.2 Å². The highest BCUT2D eigenvalue weighted by atomic mass is 35.5. The van der Waals surface area contributed by atoms with Crippen LogP contribution in [-0.2, 0) is 9.53 Å². The van der Waals surface area contributed by atoms with E-state index < -0.39 is 23.4 Å². The SMILES string of the molecule is CCOC(=O)C1=C(C)N=c2s/c(=C/c3c(F)cccc3Cl)c(=O)n2C1c1ccc(Cl)cc1. The van der Waals surface area contributed by atoms with Gasteiger partial charge in [0.2, 0.25) is 0 Å². The lowest BCUT2D eigenvalue weighted by atomic mass is 9.96. The standard InChI is InChI=1S/C23H17Cl2FN2O3S/c1-3-31-22(30)19-12(2)27-23-28(20(19)13-7-9-14(24)10-8-13)21(29)18(32-23)11-15-16(25)5-4-6-17(15)26/h4-11,20H,3H2,1-2H3/b18-11+. The zero-order valence-electron chi connectivity index (χ0n) is 17.1. The van der Waals surface area contributed by atoms with E-state index in [1.807, 2.05) is 0 Å². The van der Waals surface area contributed by atoms with Crippen molar-refractivity contribution in [3.8, 4) is 0 Å². The van der Waals surface area contributed by atoms with Gasteiger partial charge in [0.15, 0.2) is 4.80 Å². The van der Waals surface area contributed by atoms with Crippen LogP contribution in [0.5, 0.6) is 0 Å². The topological polar surface area (TPSA) is 60.7 Å². The molecule has 0 fully saturated rings. The number of thiazole rings is 1. The smallest absolute Gasteiger partial charge is 0.338 e. The third kappa shape index (κ3) is 4.03. The highest BCUT2D eigenvalue weighted by molar-refractivity contribution is 7.07. The normalized spacial score (nSPS) is 16.0. The maximum atomic E-state index is 14.3. The summed E-state index contributed by atoms with van der Waals surface area (Å²) in [6.45, 7) is 3.58. The third-order valence-corrected chi connectivity index (χ3v) is 6.54. The van der Waals surface area contributed by atoms with Gasteiger partial charge in [0, 0.05) is 10.6 Å². The average Bonchev–Trinajstić information content (AvgIpc) is 3.05. The molecule has 0 radical (unpaired) electrons. The molecule has 0 amide bonds. The number of hydrogen-bond acceptors (Lipinski definition) is 5. The van der Waals surface area contributed by atoms with Crippen molar-refractivity contribution in [2.24, 2.45) is 4.99 Å². The molecule has 1 aliphatic rings. The van der Waals surface area contributed by atoms with E-state index in [0.717, 1.165) is 11.3 Å². The van der Waals surface area contributed by atoms with Crippen LogP contribution in [-0.4, -0.2) is 17.1 Å². The van der Waals surface area contributed by atoms with Crippen molar-refractivity contribution < 1.29 is 13.9 Å². The number of halogens is 3. The molecule has 0 saturated carbocycles. The van der Waals surface area contributed by atoms with Crippen LogP contribution in [0.3, 0.4) is 0 Å². The second kappa shape index (κ2) is 9.02. The predicted molar refractivity (Wildman–Crippen MR) is 123 cm³/mol. The van der Waals surface area contributed by atoms with Gasteiger partial charge < -0.3 is 4.74 Å². The maximum absolute atomic E-state index is 14.3. The minimum Gasteiger partial charge on any atom is -0.463 e. The minimum absolute atomic E-state index is 0.115. The number of aromatic nitrogens is 1. The Morgan fingerprint density at radius 2 is 1.97 bits per heavy atom. The monoisotopic (exact) mass is 490 g/mol. The van der Waals surface area contributed by atoms with Gasteiger partial charge in [0.1, 0.15) is 5.82 Å². The molecule has 1 atom stereocenters. The Balaban J connectivity index is 1.99. The van der Waals surface area contributed by atoms with E-state index in [2.05, 4.69) is 4.99 Å². The number of hydrogen-bond donors (Lipinski definition) is 0. The van der Waals surface area contributed by atoms with Crippen LogP contribution < -0.4 is 14.9 Å². The maximum Gasteiger partial charge on any atom is 0.338 e. The summed E-state index contributed by atoms with van der Waals surface area (Å²) < 4.78 is 21.2. The molecule has 1 unspecified atom stereocenters. The largest absolute Gasteiger partial charge is 0.463 e. The third-order valence-electron chi connectivity index (χ3n) is 4.98. The van der Waals surface area contributed by atoms with Gasteiger partial charge in [-0.1, -0.05) is 52.7 Å². The van der Waals surface area contributed by atoms with Crippen molar-refractivity contribution >= 4 is 46.6 Å². The fourth-order valence-electron chi connectivity index (χ4n) is 3.53. The lowest BCUT2D eigenvalue weighted by Gasteiger charge is -2.24. The Kier molecular flexibility index (Phi) is 6.33. The first-order chi connectivity index (χ1) is 15.3. The van der Waals surface area contributed by atoms with E-state index in [4.69, 9.17) is 27.9 Å². The van der Waals surface area contributed by atoms with Crippen molar-refractivity contribution in [2.45, 2.75) is 19.9 Å². The number of benzene rings is 2. The summed E-state index contributed by atoms with van der Waals surface area (Å²) >= 11 is 13.3. The van der Waals surface area contributed by atoms with Gasteiger partial charge in [-0.25, -0.2) is 14.2 Å². The first-order valence-electron chi connectivity index (χ1n) is 9.71. The summed E-state index contributed by atoms with van der Waals surface area (Å²) in [6, 6.07) is 10.4. The average molecular weight is 491 g/mol. The molecule has 4 rings (SSSR count). The van der Waals surface area contributed by atoms with Crippen LogP contribution in [0.15, 0.2) is 63.5 Å². The van der Waals surface area contributed by atoms with Gasteiger partial charge in [0.25, 0.3) is 5.56 Å².